The number of nitrogens with one attached hydrogen (secondary N) is 1. The van der Waals surface area contributed by atoms with Gasteiger partial charge in [-0.3, -0.25) is 4.79 Å². The van der Waals surface area contributed by atoms with Crippen molar-refractivity contribution < 1.29 is 13.9 Å². The summed E-state index contributed by atoms with van der Waals surface area (Å²) < 4.78 is 19.1. The first-order chi connectivity index (χ1) is 10.8. The van der Waals surface area contributed by atoms with Gasteiger partial charge in [0.25, 0.3) is 5.88 Å². The van der Waals surface area contributed by atoms with Gasteiger partial charge in [-0.05, 0) is 52.9 Å². The summed E-state index contributed by atoms with van der Waals surface area (Å²) in [4.78, 5) is 18.5. The van der Waals surface area contributed by atoms with Gasteiger partial charge >= 0.3 is 0 Å². The smallest absolute Gasteiger partial charge is 0.251 e. The van der Waals surface area contributed by atoms with Crippen LogP contribution in [0.5, 0.6) is 5.88 Å². The summed E-state index contributed by atoms with van der Waals surface area (Å²) in [6.45, 7) is 5.49. The zero-order valence-electron chi connectivity index (χ0n) is 13.7. The third kappa shape index (κ3) is 4.78. The number of likely N-dealkylation sites (tertiary alicyclic amines) is 1. The fourth-order valence-corrected chi connectivity index (χ4v) is 2.49. The number of nitrogens with zero attached hydrogens (tertiary/aromatic N) is 2. The molecule has 1 aliphatic heterocycles. The van der Waals surface area contributed by atoms with Crippen molar-refractivity contribution in [3.05, 3.63) is 23.1 Å². The van der Waals surface area contributed by atoms with Crippen LogP contribution >= 0.6 is 11.6 Å². The van der Waals surface area contributed by atoms with Crippen molar-refractivity contribution >= 4 is 17.5 Å². The van der Waals surface area contributed by atoms with Crippen molar-refractivity contribution in [3.8, 4) is 5.88 Å². The molecule has 0 unspecified atom stereocenters. The molecule has 0 aromatic carbocycles. The summed E-state index contributed by atoms with van der Waals surface area (Å²) in [7, 11) is 2.07. The molecule has 2 heterocycles. The van der Waals surface area contributed by atoms with Gasteiger partial charge in [0.05, 0.1) is 10.4 Å². The maximum Gasteiger partial charge on any atom is 0.251 e. The van der Waals surface area contributed by atoms with Crippen LogP contribution in [0, 0.1) is 11.2 Å². The number of rotatable bonds is 5. The zero-order valence-corrected chi connectivity index (χ0v) is 14.5. The van der Waals surface area contributed by atoms with Crippen molar-refractivity contribution in [2.75, 3.05) is 26.7 Å². The van der Waals surface area contributed by atoms with E-state index in [4.69, 9.17) is 16.3 Å². The Balaban J connectivity index is 1.90. The highest BCUT2D eigenvalue weighted by atomic mass is 35.5. The number of amides is 1. The number of piperidine rings is 1. The van der Waals surface area contributed by atoms with Gasteiger partial charge in [-0.25, -0.2) is 4.98 Å². The van der Waals surface area contributed by atoms with Gasteiger partial charge in [-0.1, -0.05) is 11.6 Å². The van der Waals surface area contributed by atoms with Crippen LogP contribution in [0.25, 0.3) is 0 Å². The average Bonchev–Trinajstić information content (AvgIpc) is 2.51. The van der Waals surface area contributed by atoms with Crippen molar-refractivity contribution in [3.63, 3.8) is 0 Å². The molecule has 0 spiro atoms. The van der Waals surface area contributed by atoms with Crippen molar-refractivity contribution in [1.29, 1.82) is 0 Å². The minimum absolute atomic E-state index is 0.0235. The largest absolute Gasteiger partial charge is 0.474 e. The molecule has 1 saturated heterocycles. The molecule has 128 valence electrons. The Bertz CT molecular complexity index is 560. The summed E-state index contributed by atoms with van der Waals surface area (Å²) in [6, 6.07) is 1.53. The second-order valence-electron chi connectivity index (χ2n) is 6.64. The lowest BCUT2D eigenvalue weighted by Gasteiger charge is -2.32. The molecule has 1 fully saturated rings. The Morgan fingerprint density at radius 3 is 2.83 bits per heavy atom. The molecule has 0 saturated carbocycles. The van der Waals surface area contributed by atoms with E-state index < -0.39 is 11.2 Å². The predicted molar refractivity (Wildman–Crippen MR) is 87.1 cm³/mol. The fourth-order valence-electron chi connectivity index (χ4n) is 2.35. The number of carbonyl (C=O) groups is 1. The Morgan fingerprint density at radius 2 is 2.17 bits per heavy atom. The van der Waals surface area contributed by atoms with E-state index in [1.807, 2.05) is 0 Å². The molecule has 0 bridgehead atoms. The van der Waals surface area contributed by atoms with E-state index in [2.05, 4.69) is 22.2 Å². The summed E-state index contributed by atoms with van der Waals surface area (Å²) in [5, 5.41) is 3.00. The third-order valence-electron chi connectivity index (χ3n) is 4.05. The Morgan fingerprint density at radius 1 is 1.52 bits per heavy atom. The number of hydrogen-bond acceptors (Lipinski definition) is 4. The summed E-state index contributed by atoms with van der Waals surface area (Å²) in [5.41, 5.74) is -0.792. The standard InChI is InChI=1S/C16H23ClFN3O2/c1-16(2,10-23-14-13(18)12(17)4-7-19-14)15(22)20-11-5-8-21(3)9-6-11/h4,7,11H,5-6,8-10H2,1-3H3,(H,20,22). The first-order valence-electron chi connectivity index (χ1n) is 7.72. The highest BCUT2D eigenvalue weighted by molar-refractivity contribution is 6.30. The van der Waals surface area contributed by atoms with Crippen LogP contribution in [0.3, 0.4) is 0 Å². The molecule has 2 rings (SSSR count). The van der Waals surface area contributed by atoms with E-state index in [0.717, 1.165) is 25.9 Å². The second-order valence-corrected chi connectivity index (χ2v) is 7.04. The Kier molecular flexibility index (Phi) is 5.81. The van der Waals surface area contributed by atoms with Crippen LogP contribution in [0.4, 0.5) is 4.39 Å². The molecule has 1 aromatic heterocycles. The van der Waals surface area contributed by atoms with Gasteiger partial charge in [-0.15, -0.1) is 0 Å². The van der Waals surface area contributed by atoms with E-state index >= 15 is 0 Å². The lowest BCUT2D eigenvalue weighted by atomic mass is 9.92. The molecule has 0 atom stereocenters. The van der Waals surface area contributed by atoms with Crippen LogP contribution in [0.15, 0.2) is 12.3 Å². The molecule has 7 heteroatoms. The number of pyridine rings is 1. The number of carbonyl (C=O) groups excluding carboxylic acids is 1. The highest BCUT2D eigenvalue weighted by Crippen LogP contribution is 2.24. The summed E-state index contributed by atoms with van der Waals surface area (Å²) >= 11 is 5.69. The minimum atomic E-state index is -0.792. The van der Waals surface area contributed by atoms with Crippen molar-refractivity contribution in [2.24, 2.45) is 5.41 Å². The average molecular weight is 344 g/mol. The normalized spacial score (nSPS) is 17.1. The fraction of sp³-hybridized carbons (Fsp3) is 0.625. The SMILES string of the molecule is CN1CCC(NC(=O)C(C)(C)COc2nccc(Cl)c2F)CC1. The first-order valence-corrected chi connectivity index (χ1v) is 8.10. The van der Waals surface area contributed by atoms with E-state index in [0.29, 0.717) is 0 Å². The molecule has 23 heavy (non-hydrogen) atoms. The number of hydrogen-bond donors (Lipinski definition) is 1. The van der Waals surface area contributed by atoms with E-state index in [9.17, 15) is 9.18 Å². The molecule has 1 aromatic rings. The van der Waals surface area contributed by atoms with Gasteiger partial charge in [0, 0.05) is 12.2 Å². The Labute approximate surface area is 141 Å². The van der Waals surface area contributed by atoms with Gasteiger partial charge in [0.15, 0.2) is 0 Å². The molecule has 0 radical (unpaired) electrons. The maximum atomic E-state index is 13.8. The second kappa shape index (κ2) is 7.45. The highest BCUT2D eigenvalue weighted by Gasteiger charge is 2.31. The van der Waals surface area contributed by atoms with Crippen LogP contribution < -0.4 is 10.1 Å². The third-order valence-corrected chi connectivity index (χ3v) is 4.34. The molecule has 1 aliphatic rings. The topological polar surface area (TPSA) is 54.5 Å². The molecular weight excluding hydrogens is 321 g/mol. The molecule has 1 amide bonds. The first kappa shape index (κ1) is 17.9. The summed E-state index contributed by atoms with van der Waals surface area (Å²) in [6.07, 6.45) is 3.24. The van der Waals surface area contributed by atoms with Gasteiger partial charge in [-0.2, -0.15) is 4.39 Å². The lowest BCUT2D eigenvalue weighted by Crippen LogP contribution is -2.49. The van der Waals surface area contributed by atoms with E-state index in [1.165, 1.54) is 12.3 Å². The minimum Gasteiger partial charge on any atom is -0.474 e. The number of ether oxygens (including phenoxy) is 1. The van der Waals surface area contributed by atoms with Crippen LogP contribution in [0.2, 0.25) is 5.02 Å². The predicted octanol–water partition coefficient (Wildman–Crippen LogP) is 2.49. The van der Waals surface area contributed by atoms with Crippen LogP contribution in [0.1, 0.15) is 26.7 Å². The van der Waals surface area contributed by atoms with Gasteiger partial charge in [0.1, 0.15) is 6.61 Å². The Hall–Kier alpha value is -1.40. The quantitative estimate of drug-likeness (QED) is 0.892. The molecule has 5 nitrogen and oxygen atoms in total. The van der Waals surface area contributed by atoms with Crippen molar-refractivity contribution in [1.82, 2.24) is 15.2 Å². The molecule has 1 N–H and O–H groups in total. The van der Waals surface area contributed by atoms with Crippen LogP contribution in [-0.4, -0.2) is 48.6 Å². The number of halogens is 2. The van der Waals surface area contributed by atoms with E-state index in [-0.39, 0.29) is 29.5 Å². The molecule has 0 aliphatic carbocycles. The van der Waals surface area contributed by atoms with E-state index in [1.54, 1.807) is 13.8 Å². The number of aromatic nitrogens is 1. The monoisotopic (exact) mass is 343 g/mol. The van der Waals surface area contributed by atoms with Gasteiger partial charge < -0.3 is 15.0 Å². The van der Waals surface area contributed by atoms with Crippen LogP contribution in [-0.2, 0) is 4.79 Å². The molecular formula is C16H23ClFN3O2. The lowest BCUT2D eigenvalue weighted by molar-refractivity contribution is -0.132. The van der Waals surface area contributed by atoms with Gasteiger partial charge in [0.2, 0.25) is 11.7 Å². The summed E-state index contributed by atoms with van der Waals surface area (Å²) in [5.74, 6) is -0.993. The maximum absolute atomic E-state index is 13.8. The van der Waals surface area contributed by atoms with Crippen molar-refractivity contribution in [2.45, 2.75) is 32.7 Å². The zero-order chi connectivity index (χ0) is 17.0.